The molecule has 2 rings (SSSR count). The lowest BCUT2D eigenvalue weighted by Crippen LogP contribution is -2.41. The second-order valence-corrected chi connectivity index (χ2v) is 10.5. The monoisotopic (exact) mass is 577 g/mol. The highest BCUT2D eigenvalue weighted by molar-refractivity contribution is 6.30. The topological polar surface area (TPSA) is 141 Å². The number of alkyl carbamates (subject to hydrolysis) is 2. The number of rotatable bonds is 12. The Morgan fingerprint density at radius 3 is 1.95 bits per heavy atom. The van der Waals surface area contributed by atoms with Crippen molar-refractivity contribution >= 4 is 35.7 Å². The molecule has 0 unspecified atom stereocenters. The summed E-state index contributed by atoms with van der Waals surface area (Å²) in [5, 5.41) is 8.31. The van der Waals surface area contributed by atoms with Gasteiger partial charge in [0.25, 0.3) is 5.91 Å². The summed E-state index contributed by atoms with van der Waals surface area (Å²) in [7, 11) is 0. The van der Waals surface area contributed by atoms with Crippen LogP contribution in [0.25, 0.3) is 0 Å². The number of hydrogen-bond acceptors (Lipinski definition) is 8. The number of carbonyl (C=O) groups excluding carboxylic acids is 4. The first-order valence-corrected chi connectivity index (χ1v) is 13.0. The van der Waals surface area contributed by atoms with Gasteiger partial charge in [-0.15, -0.1) is 0 Å². The van der Waals surface area contributed by atoms with Crippen LogP contribution in [0.2, 0.25) is 5.02 Å². The molecule has 40 heavy (non-hydrogen) atoms. The van der Waals surface area contributed by atoms with Crippen molar-refractivity contribution in [1.29, 1.82) is 0 Å². The molecule has 0 aliphatic carbocycles. The Labute approximate surface area is 238 Å². The minimum Gasteiger partial charge on any atom is -0.476 e. The lowest BCUT2D eigenvalue weighted by molar-refractivity contribution is -0.167. The Balaban J connectivity index is 1.66. The highest BCUT2D eigenvalue weighted by Crippen LogP contribution is 2.20. The first kappa shape index (κ1) is 32.2. The van der Waals surface area contributed by atoms with Gasteiger partial charge in [0, 0.05) is 30.2 Å². The predicted octanol–water partition coefficient (Wildman–Crippen LogP) is 4.22. The second kappa shape index (κ2) is 15.0. The molecule has 3 N–H and O–H groups in total. The van der Waals surface area contributed by atoms with E-state index in [4.69, 9.17) is 30.5 Å². The maximum Gasteiger partial charge on any atom is 0.410 e. The number of halogens is 1. The summed E-state index contributed by atoms with van der Waals surface area (Å²) >= 11 is 5.84. The molecular weight excluding hydrogens is 542 g/mol. The van der Waals surface area contributed by atoms with Gasteiger partial charge in [-0.25, -0.2) is 14.4 Å². The number of benzene rings is 2. The number of nitrogens with one attached hydrogen (secondary N) is 3. The SMILES string of the molecule is CC(C)(C)OC(=O)NCCNC(=O)OCOC(=O)C(C)(C)Oc1ccc(CCNC(=O)c2ccc(Cl)cc2)cc1. The van der Waals surface area contributed by atoms with Crippen LogP contribution in [0.5, 0.6) is 5.75 Å². The molecule has 2 aromatic rings. The molecule has 0 atom stereocenters. The molecule has 0 spiro atoms. The van der Waals surface area contributed by atoms with Gasteiger partial charge < -0.3 is 34.9 Å². The van der Waals surface area contributed by atoms with Gasteiger partial charge in [0.2, 0.25) is 6.79 Å². The third-order valence-corrected chi connectivity index (χ3v) is 5.29. The number of esters is 1. The van der Waals surface area contributed by atoms with Crippen molar-refractivity contribution in [3.05, 3.63) is 64.7 Å². The Morgan fingerprint density at radius 1 is 0.750 bits per heavy atom. The fourth-order valence-corrected chi connectivity index (χ4v) is 3.21. The average molecular weight is 578 g/mol. The van der Waals surface area contributed by atoms with Crippen LogP contribution in [0.15, 0.2) is 48.5 Å². The summed E-state index contributed by atoms with van der Waals surface area (Å²) in [5.74, 6) is -0.485. The van der Waals surface area contributed by atoms with E-state index in [1.54, 1.807) is 57.2 Å². The molecule has 218 valence electrons. The zero-order valence-corrected chi connectivity index (χ0v) is 24.1. The number of hydrogen-bond donors (Lipinski definition) is 3. The number of amides is 3. The smallest absolute Gasteiger partial charge is 0.410 e. The number of carbonyl (C=O) groups is 4. The first-order valence-electron chi connectivity index (χ1n) is 12.6. The van der Waals surface area contributed by atoms with Gasteiger partial charge in [-0.2, -0.15) is 0 Å². The van der Waals surface area contributed by atoms with Crippen molar-refractivity contribution in [3.8, 4) is 5.75 Å². The van der Waals surface area contributed by atoms with Crippen molar-refractivity contribution < 1.29 is 38.1 Å². The average Bonchev–Trinajstić information content (AvgIpc) is 2.86. The van der Waals surface area contributed by atoms with Crippen molar-refractivity contribution in [3.63, 3.8) is 0 Å². The molecule has 0 aromatic heterocycles. The fraction of sp³-hybridized carbons (Fsp3) is 0.429. The van der Waals surface area contributed by atoms with Gasteiger partial charge in [0.05, 0.1) is 0 Å². The summed E-state index contributed by atoms with van der Waals surface area (Å²) in [6.45, 7) is 8.31. The van der Waals surface area contributed by atoms with Crippen molar-refractivity contribution in [1.82, 2.24) is 16.0 Å². The Kier molecular flexibility index (Phi) is 12.1. The molecule has 0 saturated carbocycles. The van der Waals surface area contributed by atoms with Crippen molar-refractivity contribution in [2.24, 2.45) is 0 Å². The third kappa shape index (κ3) is 12.2. The van der Waals surface area contributed by atoms with E-state index >= 15 is 0 Å². The van der Waals surface area contributed by atoms with Crippen LogP contribution in [0.3, 0.4) is 0 Å². The lowest BCUT2D eigenvalue weighted by atomic mass is 10.1. The van der Waals surface area contributed by atoms with Crippen LogP contribution < -0.4 is 20.7 Å². The van der Waals surface area contributed by atoms with Crippen LogP contribution in [0.4, 0.5) is 9.59 Å². The van der Waals surface area contributed by atoms with Crippen molar-refractivity contribution in [2.75, 3.05) is 26.4 Å². The standard InChI is InChI=1S/C28H36ClN3O8/c1-27(2,3)40-26(36)32-17-16-31-25(35)38-18-37-24(34)28(4,5)39-22-12-6-19(7-13-22)14-15-30-23(33)20-8-10-21(29)11-9-20/h6-13H,14-18H2,1-5H3,(H,30,33)(H,31,35)(H,32,36). The van der Waals surface area contributed by atoms with E-state index in [0.29, 0.717) is 29.3 Å². The maximum atomic E-state index is 12.4. The van der Waals surface area contributed by atoms with E-state index in [0.717, 1.165) is 5.56 Å². The molecule has 0 aliphatic rings. The van der Waals surface area contributed by atoms with Gasteiger partial charge >= 0.3 is 18.2 Å². The Morgan fingerprint density at radius 2 is 1.35 bits per heavy atom. The minimum atomic E-state index is -1.36. The highest BCUT2D eigenvalue weighted by Gasteiger charge is 2.32. The van der Waals surface area contributed by atoms with E-state index in [9.17, 15) is 19.2 Å². The van der Waals surface area contributed by atoms with Crippen molar-refractivity contribution in [2.45, 2.75) is 52.2 Å². The van der Waals surface area contributed by atoms with Gasteiger partial charge in [-0.05, 0) is 83.0 Å². The van der Waals surface area contributed by atoms with Crippen LogP contribution >= 0.6 is 11.6 Å². The molecule has 12 heteroatoms. The summed E-state index contributed by atoms with van der Waals surface area (Å²) in [6.07, 6.45) is -0.828. The summed E-state index contributed by atoms with van der Waals surface area (Å²) in [5.41, 5.74) is -0.489. The van der Waals surface area contributed by atoms with E-state index in [1.165, 1.54) is 13.8 Å². The Hall–Kier alpha value is -3.99. The third-order valence-electron chi connectivity index (χ3n) is 5.04. The number of ether oxygens (including phenoxy) is 4. The largest absolute Gasteiger partial charge is 0.476 e. The van der Waals surface area contributed by atoms with E-state index in [-0.39, 0.29) is 19.0 Å². The molecule has 0 radical (unpaired) electrons. The van der Waals surface area contributed by atoms with E-state index in [1.807, 2.05) is 12.1 Å². The molecule has 2 aromatic carbocycles. The molecule has 0 heterocycles. The lowest BCUT2D eigenvalue weighted by Gasteiger charge is -2.24. The van der Waals surface area contributed by atoms with E-state index < -0.39 is 36.2 Å². The first-order chi connectivity index (χ1) is 18.7. The molecule has 0 fully saturated rings. The maximum absolute atomic E-state index is 12.4. The molecule has 11 nitrogen and oxygen atoms in total. The van der Waals surface area contributed by atoms with Crippen LogP contribution in [0, 0.1) is 0 Å². The zero-order chi connectivity index (χ0) is 29.8. The normalized spacial score (nSPS) is 11.2. The summed E-state index contributed by atoms with van der Waals surface area (Å²) in [4.78, 5) is 47.9. The molecule has 0 saturated heterocycles. The zero-order valence-electron chi connectivity index (χ0n) is 23.3. The van der Waals surface area contributed by atoms with Crippen LogP contribution in [-0.4, -0.2) is 61.7 Å². The van der Waals surface area contributed by atoms with Gasteiger partial charge in [0.1, 0.15) is 11.4 Å². The second-order valence-electron chi connectivity index (χ2n) is 10.1. The molecule has 0 bridgehead atoms. The molecular formula is C28H36ClN3O8. The van der Waals surface area contributed by atoms with Gasteiger partial charge in [0.15, 0.2) is 5.60 Å². The Bertz CT molecular complexity index is 1150. The highest BCUT2D eigenvalue weighted by atomic mass is 35.5. The van der Waals surface area contributed by atoms with Gasteiger partial charge in [-0.3, -0.25) is 4.79 Å². The summed E-state index contributed by atoms with van der Waals surface area (Å²) in [6, 6.07) is 13.7. The minimum absolute atomic E-state index is 0.0886. The predicted molar refractivity (Wildman–Crippen MR) is 148 cm³/mol. The van der Waals surface area contributed by atoms with E-state index in [2.05, 4.69) is 16.0 Å². The molecule has 0 aliphatic heterocycles. The van der Waals surface area contributed by atoms with Crippen LogP contribution in [0.1, 0.15) is 50.5 Å². The quantitative estimate of drug-likeness (QED) is 0.193. The summed E-state index contributed by atoms with van der Waals surface area (Å²) < 4.78 is 20.7. The van der Waals surface area contributed by atoms with Crippen LogP contribution in [-0.2, 0) is 25.4 Å². The fourth-order valence-electron chi connectivity index (χ4n) is 3.09. The molecule has 3 amide bonds. The van der Waals surface area contributed by atoms with Gasteiger partial charge in [-0.1, -0.05) is 23.7 Å².